The van der Waals surface area contributed by atoms with Crippen molar-refractivity contribution in [2.75, 3.05) is 0 Å². The van der Waals surface area contributed by atoms with Gasteiger partial charge in [-0.15, -0.1) is 0 Å². The minimum Gasteiger partial charge on any atom is -0.387 e. The lowest BCUT2D eigenvalue weighted by atomic mass is 9.92. The highest BCUT2D eigenvalue weighted by Gasteiger charge is 2.32. The topological polar surface area (TPSA) is 106 Å². The zero-order valence-corrected chi connectivity index (χ0v) is 8.48. The quantitative estimate of drug-likeness (QED) is 0.560. The second kappa shape index (κ2) is 3.01. The second-order valence-electron chi connectivity index (χ2n) is 3.49. The summed E-state index contributed by atoms with van der Waals surface area (Å²) in [7, 11) is 0. The van der Waals surface area contributed by atoms with E-state index in [2.05, 4.69) is 15.0 Å². The lowest BCUT2D eigenvalue weighted by Crippen LogP contribution is -2.38. The first kappa shape index (κ1) is 9.57. The smallest absolute Gasteiger partial charge is 0.283 e. The zero-order chi connectivity index (χ0) is 11.2. The molecule has 78 valence electrons. The van der Waals surface area contributed by atoms with Gasteiger partial charge in [0.2, 0.25) is 5.96 Å². The van der Waals surface area contributed by atoms with Crippen LogP contribution in [0.5, 0.6) is 0 Å². The van der Waals surface area contributed by atoms with E-state index >= 15 is 0 Å². The molecule has 6 nitrogen and oxygen atoms in total. The van der Waals surface area contributed by atoms with E-state index < -0.39 is 5.91 Å². The zero-order valence-electron chi connectivity index (χ0n) is 8.48. The van der Waals surface area contributed by atoms with Gasteiger partial charge in [0.25, 0.3) is 5.91 Å². The Labute approximate surface area is 86.5 Å². The fourth-order valence-electron chi connectivity index (χ4n) is 1.61. The second-order valence-corrected chi connectivity index (χ2v) is 3.49. The summed E-state index contributed by atoms with van der Waals surface area (Å²) in [5, 5.41) is 0. The van der Waals surface area contributed by atoms with E-state index in [0.29, 0.717) is 22.8 Å². The largest absolute Gasteiger partial charge is 0.387 e. The van der Waals surface area contributed by atoms with Gasteiger partial charge in [-0.05, 0) is 13.8 Å². The molecule has 1 amide bonds. The Morgan fingerprint density at radius 2 is 1.87 bits per heavy atom. The van der Waals surface area contributed by atoms with Gasteiger partial charge in [-0.25, -0.2) is 9.98 Å². The van der Waals surface area contributed by atoms with Crippen LogP contribution in [0.1, 0.15) is 13.8 Å². The highest BCUT2D eigenvalue weighted by Crippen LogP contribution is 2.23. The molecule has 15 heavy (non-hydrogen) atoms. The summed E-state index contributed by atoms with van der Waals surface area (Å²) in [6.07, 6.45) is 0. The number of fused-ring (bicyclic) bond motifs is 1. The first-order valence-electron chi connectivity index (χ1n) is 4.53. The van der Waals surface area contributed by atoms with Crippen molar-refractivity contribution in [2.45, 2.75) is 13.8 Å². The summed E-state index contributed by atoms with van der Waals surface area (Å²) in [6.45, 7) is 3.54. The Morgan fingerprint density at radius 3 is 2.53 bits per heavy atom. The van der Waals surface area contributed by atoms with Crippen LogP contribution in [0.2, 0.25) is 0 Å². The number of carbonyl (C=O) groups is 1. The van der Waals surface area contributed by atoms with Crippen LogP contribution in [0.15, 0.2) is 26.2 Å². The Balaban J connectivity index is 2.63. The fraction of sp³-hybridized carbons (Fsp3) is 0.333. The number of nitrogens with two attached hydrogens (primary N) is 2. The molecule has 0 spiro atoms. The normalized spacial score (nSPS) is 25.6. The number of rotatable bonds is 0. The van der Waals surface area contributed by atoms with Crippen LogP contribution in [0.25, 0.3) is 0 Å². The molecule has 0 bridgehead atoms. The average Bonchev–Trinajstić information content (AvgIpc) is 2.12. The van der Waals surface area contributed by atoms with E-state index in [4.69, 9.17) is 11.5 Å². The average molecular weight is 205 g/mol. The van der Waals surface area contributed by atoms with Crippen LogP contribution in [-0.2, 0) is 4.79 Å². The molecule has 0 aliphatic carbocycles. The van der Waals surface area contributed by atoms with Crippen molar-refractivity contribution in [1.82, 2.24) is 0 Å². The molecule has 0 aromatic heterocycles. The molecule has 0 saturated carbocycles. The highest BCUT2D eigenvalue weighted by atomic mass is 16.1. The minimum absolute atomic E-state index is 0.0203. The summed E-state index contributed by atoms with van der Waals surface area (Å²) in [4.78, 5) is 23.3. The summed E-state index contributed by atoms with van der Waals surface area (Å²) in [5.41, 5.74) is 12.7. The molecule has 6 heteroatoms. The van der Waals surface area contributed by atoms with E-state index in [1.807, 2.05) is 6.92 Å². The number of nitrogens with zero attached hydrogens (tertiary/aromatic N) is 3. The number of amidine groups is 1. The third-order valence-electron chi connectivity index (χ3n) is 2.43. The molecule has 2 aliphatic rings. The number of guanidine groups is 1. The monoisotopic (exact) mass is 205 g/mol. The maximum atomic E-state index is 11.6. The molecular formula is C9H11N5O. The van der Waals surface area contributed by atoms with Gasteiger partial charge in [-0.1, -0.05) is 0 Å². The molecular weight excluding hydrogens is 194 g/mol. The van der Waals surface area contributed by atoms with Gasteiger partial charge in [-0.3, -0.25) is 4.79 Å². The van der Waals surface area contributed by atoms with E-state index in [1.54, 1.807) is 6.92 Å². The molecule has 2 rings (SSSR count). The maximum absolute atomic E-state index is 11.6. The van der Waals surface area contributed by atoms with Gasteiger partial charge < -0.3 is 11.5 Å². The van der Waals surface area contributed by atoms with E-state index in [-0.39, 0.29) is 11.9 Å². The van der Waals surface area contributed by atoms with Crippen molar-refractivity contribution in [2.24, 2.45) is 32.4 Å². The van der Waals surface area contributed by atoms with Crippen molar-refractivity contribution in [3.05, 3.63) is 11.3 Å². The van der Waals surface area contributed by atoms with Crippen LogP contribution in [0.4, 0.5) is 0 Å². The Kier molecular flexibility index (Phi) is 1.92. The summed E-state index contributed by atoms with van der Waals surface area (Å²) in [6, 6.07) is 0. The van der Waals surface area contributed by atoms with Gasteiger partial charge in [-0.2, -0.15) is 4.99 Å². The van der Waals surface area contributed by atoms with Crippen LogP contribution in [-0.4, -0.2) is 23.4 Å². The molecule has 1 unspecified atom stereocenters. The number of carbonyl (C=O) groups excluding carboxylic acids is 1. The third-order valence-corrected chi connectivity index (χ3v) is 2.43. The van der Waals surface area contributed by atoms with E-state index in [9.17, 15) is 4.79 Å². The van der Waals surface area contributed by atoms with Gasteiger partial charge in [0, 0.05) is 0 Å². The summed E-state index contributed by atoms with van der Waals surface area (Å²) in [5.74, 6) is -0.162. The summed E-state index contributed by atoms with van der Waals surface area (Å²) < 4.78 is 0. The summed E-state index contributed by atoms with van der Waals surface area (Å²) >= 11 is 0. The molecule has 0 saturated heterocycles. The molecule has 0 aromatic rings. The fourth-order valence-corrected chi connectivity index (χ4v) is 1.61. The lowest BCUT2D eigenvalue weighted by molar-refractivity contribution is -0.114. The van der Waals surface area contributed by atoms with Gasteiger partial charge in [0.15, 0.2) is 0 Å². The molecule has 0 aromatic carbocycles. The van der Waals surface area contributed by atoms with Crippen LogP contribution in [0, 0.1) is 5.92 Å². The third kappa shape index (κ3) is 1.34. The Morgan fingerprint density at radius 1 is 1.20 bits per heavy atom. The SMILES string of the molecule is CC1=C2C(=O)N=C(N)N=C2C(C)C(N)=N1. The van der Waals surface area contributed by atoms with Gasteiger partial charge >= 0.3 is 0 Å². The predicted octanol–water partition coefficient (Wildman–Crippen LogP) is -0.437. The van der Waals surface area contributed by atoms with Crippen LogP contribution >= 0.6 is 0 Å². The van der Waals surface area contributed by atoms with Crippen molar-refractivity contribution in [3.63, 3.8) is 0 Å². The van der Waals surface area contributed by atoms with Crippen molar-refractivity contribution >= 4 is 23.4 Å². The standard InChI is InChI=1S/C9H11N5O/c1-3-6-5(4(2)12-7(3)10)8(15)14-9(11)13-6/h3H,1-2H3,(H2,10,12)(H2,11,14,15). The molecule has 4 N–H and O–H groups in total. The number of amides is 1. The number of allylic oxidation sites excluding steroid dienone is 1. The number of aliphatic imine (C=N–C) groups is 3. The highest BCUT2D eigenvalue weighted by molar-refractivity contribution is 6.34. The Bertz CT molecular complexity index is 469. The molecule has 2 aliphatic heterocycles. The van der Waals surface area contributed by atoms with Gasteiger partial charge in [0.1, 0.15) is 5.84 Å². The molecule has 1 atom stereocenters. The van der Waals surface area contributed by atoms with Crippen molar-refractivity contribution in [3.8, 4) is 0 Å². The van der Waals surface area contributed by atoms with Gasteiger partial charge in [0.05, 0.1) is 22.9 Å². The van der Waals surface area contributed by atoms with Crippen molar-refractivity contribution < 1.29 is 4.79 Å². The number of hydrogen-bond donors (Lipinski definition) is 2. The first-order chi connectivity index (χ1) is 7.00. The Hall–Kier alpha value is -1.98. The van der Waals surface area contributed by atoms with Crippen LogP contribution in [0.3, 0.4) is 0 Å². The molecule has 2 heterocycles. The number of hydrogen-bond acceptors (Lipinski definition) is 5. The van der Waals surface area contributed by atoms with E-state index in [1.165, 1.54) is 0 Å². The van der Waals surface area contributed by atoms with Crippen LogP contribution < -0.4 is 11.5 Å². The minimum atomic E-state index is -0.391. The molecule has 0 fully saturated rings. The molecule has 0 radical (unpaired) electrons. The first-order valence-corrected chi connectivity index (χ1v) is 4.53. The lowest BCUT2D eigenvalue weighted by Gasteiger charge is -2.23. The van der Waals surface area contributed by atoms with E-state index in [0.717, 1.165) is 0 Å². The van der Waals surface area contributed by atoms with Crippen molar-refractivity contribution in [1.29, 1.82) is 0 Å². The maximum Gasteiger partial charge on any atom is 0.283 e. The predicted molar refractivity (Wildman–Crippen MR) is 57.6 cm³/mol.